The summed E-state index contributed by atoms with van der Waals surface area (Å²) in [4.78, 5) is 0. The number of hydroxylamine groups is 1. The lowest BCUT2D eigenvalue weighted by Gasteiger charge is -2.15. The molecule has 0 heterocycles. The molecule has 0 spiro atoms. The van der Waals surface area contributed by atoms with E-state index in [1.165, 1.54) is 0 Å². The van der Waals surface area contributed by atoms with Crippen molar-refractivity contribution in [2.45, 2.75) is 33.2 Å². The maximum atomic E-state index is 9.81. The van der Waals surface area contributed by atoms with Crippen LogP contribution in [0.1, 0.15) is 36.5 Å². The van der Waals surface area contributed by atoms with Crippen molar-refractivity contribution in [2.75, 3.05) is 0 Å². The molecule has 3 heteroatoms. The molecule has 1 aromatic rings. The standard InChI is InChI=1S/C11H17NO2/c1-7(2)9-5-4-8(3)11(13)10(9)6-12-14/h4-5,7,12-14H,6H2,1-3H3. The van der Waals surface area contributed by atoms with Crippen LogP contribution in [0.5, 0.6) is 5.75 Å². The summed E-state index contributed by atoms with van der Waals surface area (Å²) in [5, 5.41) is 18.5. The van der Waals surface area contributed by atoms with E-state index in [1.807, 2.05) is 19.1 Å². The molecule has 3 nitrogen and oxygen atoms in total. The number of hydrogen-bond donors (Lipinski definition) is 3. The minimum atomic E-state index is 0.276. The van der Waals surface area contributed by atoms with Crippen LogP contribution in [0, 0.1) is 6.92 Å². The Morgan fingerprint density at radius 2 is 2.00 bits per heavy atom. The molecule has 0 radical (unpaired) electrons. The van der Waals surface area contributed by atoms with Gasteiger partial charge in [0.1, 0.15) is 5.75 Å². The van der Waals surface area contributed by atoms with Crippen LogP contribution in [0.3, 0.4) is 0 Å². The van der Waals surface area contributed by atoms with Crippen molar-refractivity contribution in [3.63, 3.8) is 0 Å². The second kappa shape index (κ2) is 4.44. The maximum absolute atomic E-state index is 9.81. The summed E-state index contributed by atoms with van der Waals surface area (Å²) in [6.45, 7) is 6.25. The summed E-state index contributed by atoms with van der Waals surface area (Å²) in [5.41, 5.74) is 4.76. The lowest BCUT2D eigenvalue weighted by atomic mass is 9.94. The van der Waals surface area contributed by atoms with Crippen LogP contribution in [-0.4, -0.2) is 10.3 Å². The number of rotatable bonds is 3. The van der Waals surface area contributed by atoms with Gasteiger partial charge in [0.15, 0.2) is 0 Å². The van der Waals surface area contributed by atoms with E-state index < -0.39 is 0 Å². The number of hydrogen-bond acceptors (Lipinski definition) is 3. The Morgan fingerprint density at radius 3 is 2.50 bits per heavy atom. The monoisotopic (exact) mass is 195 g/mol. The van der Waals surface area contributed by atoms with Gasteiger partial charge >= 0.3 is 0 Å². The van der Waals surface area contributed by atoms with Crippen molar-refractivity contribution in [2.24, 2.45) is 0 Å². The largest absolute Gasteiger partial charge is 0.507 e. The molecule has 0 amide bonds. The van der Waals surface area contributed by atoms with Crippen LogP contribution in [0.15, 0.2) is 12.1 Å². The first kappa shape index (κ1) is 11.0. The fourth-order valence-electron chi connectivity index (χ4n) is 1.57. The van der Waals surface area contributed by atoms with Gasteiger partial charge in [-0.15, -0.1) is 0 Å². The van der Waals surface area contributed by atoms with Gasteiger partial charge in [0.05, 0.1) is 0 Å². The third-order valence-electron chi connectivity index (χ3n) is 2.40. The number of nitrogens with one attached hydrogen (secondary N) is 1. The van der Waals surface area contributed by atoms with Crippen LogP contribution in [0.4, 0.5) is 0 Å². The van der Waals surface area contributed by atoms with Crippen LogP contribution in [-0.2, 0) is 6.54 Å². The Bertz CT molecular complexity index is 321. The highest BCUT2D eigenvalue weighted by atomic mass is 16.5. The van der Waals surface area contributed by atoms with Gasteiger partial charge in [-0.3, -0.25) is 0 Å². The van der Waals surface area contributed by atoms with E-state index in [0.29, 0.717) is 5.92 Å². The van der Waals surface area contributed by atoms with Crippen LogP contribution in [0.25, 0.3) is 0 Å². The Kier molecular flexibility index (Phi) is 3.49. The molecule has 0 atom stereocenters. The topological polar surface area (TPSA) is 52.5 Å². The van der Waals surface area contributed by atoms with Crippen molar-refractivity contribution >= 4 is 0 Å². The number of benzene rings is 1. The van der Waals surface area contributed by atoms with Gasteiger partial charge in [0, 0.05) is 12.1 Å². The highest BCUT2D eigenvalue weighted by molar-refractivity contribution is 5.46. The summed E-state index contributed by atoms with van der Waals surface area (Å²) in [6, 6.07) is 3.89. The number of aryl methyl sites for hydroxylation is 1. The Hall–Kier alpha value is -1.06. The van der Waals surface area contributed by atoms with Gasteiger partial charge in [0.25, 0.3) is 0 Å². The zero-order valence-corrected chi connectivity index (χ0v) is 8.83. The average Bonchev–Trinajstić information content (AvgIpc) is 2.13. The molecule has 0 unspecified atom stereocenters. The summed E-state index contributed by atoms with van der Waals surface area (Å²) >= 11 is 0. The molecule has 3 N–H and O–H groups in total. The Morgan fingerprint density at radius 1 is 1.36 bits per heavy atom. The summed E-state index contributed by atoms with van der Waals surface area (Å²) in [6.07, 6.45) is 0. The minimum Gasteiger partial charge on any atom is -0.507 e. The van der Waals surface area contributed by atoms with Gasteiger partial charge in [-0.2, -0.15) is 0 Å². The van der Waals surface area contributed by atoms with Crippen molar-refractivity contribution < 1.29 is 10.3 Å². The van der Waals surface area contributed by atoms with E-state index in [4.69, 9.17) is 5.21 Å². The maximum Gasteiger partial charge on any atom is 0.123 e. The summed E-state index contributed by atoms with van der Waals surface area (Å²) in [7, 11) is 0. The summed E-state index contributed by atoms with van der Waals surface area (Å²) < 4.78 is 0. The molecule has 0 bridgehead atoms. The van der Waals surface area contributed by atoms with Crippen LogP contribution >= 0.6 is 0 Å². The van der Waals surface area contributed by atoms with Crippen LogP contribution in [0.2, 0.25) is 0 Å². The van der Waals surface area contributed by atoms with Crippen molar-refractivity contribution in [1.29, 1.82) is 0 Å². The Labute approximate surface area is 84.3 Å². The van der Waals surface area contributed by atoms with E-state index in [-0.39, 0.29) is 12.3 Å². The minimum absolute atomic E-state index is 0.276. The molecular formula is C11H17NO2. The van der Waals surface area contributed by atoms with E-state index in [1.54, 1.807) is 0 Å². The highest BCUT2D eigenvalue weighted by Crippen LogP contribution is 2.29. The fourth-order valence-corrected chi connectivity index (χ4v) is 1.57. The number of aromatic hydroxyl groups is 1. The van der Waals surface area contributed by atoms with Crippen molar-refractivity contribution in [3.05, 3.63) is 28.8 Å². The first-order valence-corrected chi connectivity index (χ1v) is 4.76. The molecule has 0 fully saturated rings. The predicted molar refractivity (Wildman–Crippen MR) is 55.6 cm³/mol. The lowest BCUT2D eigenvalue weighted by molar-refractivity contribution is 0.160. The van der Waals surface area contributed by atoms with Crippen molar-refractivity contribution in [3.8, 4) is 5.75 Å². The molecule has 0 saturated carbocycles. The molecule has 0 saturated heterocycles. The first-order chi connectivity index (χ1) is 6.57. The second-order valence-corrected chi connectivity index (χ2v) is 3.79. The lowest BCUT2D eigenvalue weighted by Crippen LogP contribution is -2.10. The predicted octanol–water partition coefficient (Wildman–Crippen LogP) is 2.30. The summed E-state index contributed by atoms with van der Waals surface area (Å²) in [5.74, 6) is 0.614. The molecule has 78 valence electrons. The molecule has 0 aliphatic heterocycles. The quantitative estimate of drug-likeness (QED) is 0.649. The Balaban J connectivity index is 3.22. The molecule has 0 aromatic heterocycles. The highest BCUT2D eigenvalue weighted by Gasteiger charge is 2.12. The van der Waals surface area contributed by atoms with Gasteiger partial charge in [-0.25, -0.2) is 5.48 Å². The van der Waals surface area contributed by atoms with Gasteiger partial charge in [-0.1, -0.05) is 26.0 Å². The molecule has 1 aromatic carbocycles. The first-order valence-electron chi connectivity index (χ1n) is 4.76. The van der Waals surface area contributed by atoms with Gasteiger partial charge in [-0.05, 0) is 24.0 Å². The second-order valence-electron chi connectivity index (χ2n) is 3.79. The average molecular weight is 195 g/mol. The number of phenols is 1. The SMILES string of the molecule is Cc1ccc(C(C)C)c(CNO)c1O. The third-order valence-corrected chi connectivity index (χ3v) is 2.40. The van der Waals surface area contributed by atoms with E-state index in [2.05, 4.69) is 19.3 Å². The zero-order chi connectivity index (χ0) is 10.7. The normalized spacial score (nSPS) is 10.9. The van der Waals surface area contributed by atoms with Crippen LogP contribution < -0.4 is 5.48 Å². The van der Waals surface area contributed by atoms with E-state index in [0.717, 1.165) is 16.7 Å². The smallest absolute Gasteiger partial charge is 0.123 e. The number of phenolic OH excluding ortho intramolecular Hbond substituents is 1. The zero-order valence-electron chi connectivity index (χ0n) is 8.83. The molecule has 14 heavy (non-hydrogen) atoms. The molecule has 1 rings (SSSR count). The molecule has 0 aliphatic carbocycles. The molecular weight excluding hydrogens is 178 g/mol. The van der Waals surface area contributed by atoms with E-state index >= 15 is 0 Å². The fraction of sp³-hybridized carbons (Fsp3) is 0.455. The van der Waals surface area contributed by atoms with Gasteiger partial charge < -0.3 is 10.3 Å². The van der Waals surface area contributed by atoms with E-state index in [9.17, 15) is 5.11 Å². The van der Waals surface area contributed by atoms with Crippen molar-refractivity contribution in [1.82, 2.24) is 5.48 Å². The third kappa shape index (κ3) is 2.05. The van der Waals surface area contributed by atoms with Gasteiger partial charge in [0.2, 0.25) is 0 Å². The molecule has 0 aliphatic rings.